The van der Waals surface area contributed by atoms with Gasteiger partial charge in [-0.15, -0.1) is 0 Å². The SMILES string of the molecule is COc1cc2cc(=O)n(O)cc2cc1OC. The Balaban J connectivity index is 2.78. The Hall–Kier alpha value is -2.17. The highest BCUT2D eigenvalue weighted by Gasteiger charge is 2.07. The molecule has 0 spiro atoms. The van der Waals surface area contributed by atoms with Crippen LogP contribution >= 0.6 is 0 Å². The number of benzene rings is 1. The molecule has 0 radical (unpaired) electrons. The first-order valence-electron chi connectivity index (χ1n) is 4.63. The van der Waals surface area contributed by atoms with Crippen LogP contribution in [0.3, 0.4) is 0 Å². The molecule has 0 bridgehead atoms. The Kier molecular flexibility index (Phi) is 2.44. The van der Waals surface area contributed by atoms with Gasteiger partial charge in [0.05, 0.1) is 20.4 Å². The first-order chi connectivity index (χ1) is 7.65. The van der Waals surface area contributed by atoms with Crippen molar-refractivity contribution in [1.82, 2.24) is 4.73 Å². The number of rotatable bonds is 2. The quantitative estimate of drug-likeness (QED) is 0.775. The maximum atomic E-state index is 11.2. The predicted octanol–water partition coefficient (Wildman–Crippen LogP) is 1.26. The number of nitrogens with zero attached hydrogens (tertiary/aromatic N) is 1. The average molecular weight is 221 g/mol. The average Bonchev–Trinajstić information content (AvgIpc) is 2.29. The van der Waals surface area contributed by atoms with Crippen molar-refractivity contribution in [3.05, 3.63) is 34.7 Å². The molecule has 0 amide bonds. The number of pyridine rings is 1. The van der Waals surface area contributed by atoms with E-state index in [1.54, 1.807) is 12.1 Å². The molecule has 1 N–H and O–H groups in total. The van der Waals surface area contributed by atoms with Crippen LogP contribution in [0.1, 0.15) is 0 Å². The fourth-order valence-electron chi connectivity index (χ4n) is 1.54. The van der Waals surface area contributed by atoms with Gasteiger partial charge in [-0.25, -0.2) is 0 Å². The van der Waals surface area contributed by atoms with Gasteiger partial charge in [-0.1, -0.05) is 0 Å². The van der Waals surface area contributed by atoms with Gasteiger partial charge in [0.15, 0.2) is 11.5 Å². The molecule has 2 rings (SSSR count). The molecule has 0 unspecified atom stereocenters. The van der Waals surface area contributed by atoms with Crippen LogP contribution in [0.2, 0.25) is 0 Å². The Morgan fingerprint density at radius 1 is 1.06 bits per heavy atom. The fourth-order valence-corrected chi connectivity index (χ4v) is 1.54. The van der Waals surface area contributed by atoms with Crippen molar-refractivity contribution in [2.45, 2.75) is 0 Å². The van der Waals surface area contributed by atoms with E-state index in [1.165, 1.54) is 26.5 Å². The first-order valence-corrected chi connectivity index (χ1v) is 4.63. The molecule has 16 heavy (non-hydrogen) atoms. The zero-order chi connectivity index (χ0) is 11.7. The zero-order valence-electron chi connectivity index (χ0n) is 8.93. The lowest BCUT2D eigenvalue weighted by Crippen LogP contribution is -2.15. The number of ether oxygens (including phenoxy) is 2. The van der Waals surface area contributed by atoms with Gasteiger partial charge in [0.1, 0.15) is 0 Å². The summed E-state index contributed by atoms with van der Waals surface area (Å²) >= 11 is 0. The van der Waals surface area contributed by atoms with Gasteiger partial charge >= 0.3 is 0 Å². The summed E-state index contributed by atoms with van der Waals surface area (Å²) in [4.78, 5) is 11.2. The third-order valence-electron chi connectivity index (χ3n) is 2.36. The van der Waals surface area contributed by atoms with Crippen molar-refractivity contribution in [2.24, 2.45) is 0 Å². The molecule has 84 valence electrons. The monoisotopic (exact) mass is 221 g/mol. The van der Waals surface area contributed by atoms with Gasteiger partial charge < -0.3 is 14.7 Å². The number of hydrogen-bond acceptors (Lipinski definition) is 4. The molecule has 0 aliphatic heterocycles. The van der Waals surface area contributed by atoms with E-state index >= 15 is 0 Å². The molecular weight excluding hydrogens is 210 g/mol. The maximum Gasteiger partial charge on any atom is 0.283 e. The molecule has 1 aromatic carbocycles. The highest BCUT2D eigenvalue weighted by atomic mass is 16.5. The third kappa shape index (κ3) is 1.56. The molecule has 5 heteroatoms. The molecule has 0 saturated carbocycles. The normalized spacial score (nSPS) is 10.4. The molecular formula is C11H11NO4. The summed E-state index contributed by atoms with van der Waals surface area (Å²) in [5.74, 6) is 1.10. The van der Waals surface area contributed by atoms with Crippen molar-refractivity contribution >= 4 is 10.8 Å². The lowest BCUT2D eigenvalue weighted by molar-refractivity contribution is 0.176. The van der Waals surface area contributed by atoms with Gasteiger partial charge in [0.2, 0.25) is 0 Å². The Morgan fingerprint density at radius 2 is 1.62 bits per heavy atom. The zero-order valence-corrected chi connectivity index (χ0v) is 8.93. The van der Waals surface area contributed by atoms with Crippen molar-refractivity contribution in [3.8, 4) is 11.5 Å². The summed E-state index contributed by atoms with van der Waals surface area (Å²) in [5, 5.41) is 10.6. The number of hydrogen-bond donors (Lipinski definition) is 1. The van der Waals surface area contributed by atoms with E-state index in [2.05, 4.69) is 0 Å². The van der Waals surface area contributed by atoms with Crippen LogP contribution in [0.5, 0.6) is 11.5 Å². The van der Waals surface area contributed by atoms with Crippen LogP contribution in [0.25, 0.3) is 10.8 Å². The molecule has 0 aliphatic carbocycles. The molecule has 1 heterocycles. The molecule has 0 aliphatic rings. The standard InChI is InChI=1S/C11H11NO4/c1-15-9-3-7-5-11(13)12(14)6-8(7)4-10(9)16-2/h3-6,14H,1-2H3. The second kappa shape index (κ2) is 3.77. The van der Waals surface area contributed by atoms with E-state index in [0.717, 1.165) is 0 Å². The molecule has 0 fully saturated rings. The van der Waals surface area contributed by atoms with Crippen LogP contribution < -0.4 is 15.0 Å². The smallest absolute Gasteiger partial charge is 0.283 e. The fraction of sp³-hybridized carbons (Fsp3) is 0.182. The summed E-state index contributed by atoms with van der Waals surface area (Å²) in [6, 6.07) is 4.72. The van der Waals surface area contributed by atoms with Crippen molar-refractivity contribution < 1.29 is 14.7 Å². The maximum absolute atomic E-state index is 11.2. The van der Waals surface area contributed by atoms with Crippen LogP contribution in [0, 0.1) is 0 Å². The second-order valence-corrected chi connectivity index (χ2v) is 3.29. The van der Waals surface area contributed by atoms with E-state index in [-0.39, 0.29) is 0 Å². The third-order valence-corrected chi connectivity index (χ3v) is 2.36. The van der Waals surface area contributed by atoms with Crippen molar-refractivity contribution in [2.75, 3.05) is 14.2 Å². The van der Waals surface area contributed by atoms with Gasteiger partial charge in [-0.05, 0) is 17.5 Å². The Bertz CT molecular complexity index is 588. The Labute approximate surface area is 91.4 Å². The minimum Gasteiger partial charge on any atom is -0.493 e. The Morgan fingerprint density at radius 3 is 2.19 bits per heavy atom. The minimum absolute atomic E-state index is 0.486. The van der Waals surface area contributed by atoms with Crippen LogP contribution in [0.15, 0.2) is 29.2 Å². The topological polar surface area (TPSA) is 60.7 Å². The summed E-state index contributed by atoms with van der Waals surface area (Å²) in [5.41, 5.74) is -0.486. The van der Waals surface area contributed by atoms with Gasteiger partial charge in [-0.2, -0.15) is 4.73 Å². The van der Waals surface area contributed by atoms with E-state index in [9.17, 15) is 10.0 Å². The van der Waals surface area contributed by atoms with E-state index in [0.29, 0.717) is 27.0 Å². The van der Waals surface area contributed by atoms with Gasteiger partial charge in [0, 0.05) is 11.5 Å². The van der Waals surface area contributed by atoms with Crippen LogP contribution in [0.4, 0.5) is 0 Å². The molecule has 0 saturated heterocycles. The van der Waals surface area contributed by atoms with Gasteiger partial charge in [0.25, 0.3) is 5.56 Å². The first kappa shape index (κ1) is 10.4. The minimum atomic E-state index is -0.486. The summed E-state index contributed by atoms with van der Waals surface area (Å²) in [6.45, 7) is 0. The highest BCUT2D eigenvalue weighted by Crippen LogP contribution is 2.31. The number of aromatic nitrogens is 1. The molecule has 0 atom stereocenters. The van der Waals surface area contributed by atoms with Crippen LogP contribution in [-0.2, 0) is 0 Å². The molecule has 1 aromatic heterocycles. The van der Waals surface area contributed by atoms with E-state index in [1.807, 2.05) is 0 Å². The lowest BCUT2D eigenvalue weighted by atomic mass is 10.1. The van der Waals surface area contributed by atoms with Gasteiger partial charge in [-0.3, -0.25) is 4.79 Å². The lowest BCUT2D eigenvalue weighted by Gasteiger charge is -2.09. The molecule has 5 nitrogen and oxygen atoms in total. The summed E-state index contributed by atoms with van der Waals surface area (Å²) < 4.78 is 10.8. The van der Waals surface area contributed by atoms with Crippen molar-refractivity contribution in [3.63, 3.8) is 0 Å². The van der Waals surface area contributed by atoms with Crippen molar-refractivity contribution in [1.29, 1.82) is 0 Å². The predicted molar refractivity (Wildman–Crippen MR) is 58.5 cm³/mol. The molecule has 2 aromatic rings. The number of fused-ring (bicyclic) bond motifs is 1. The largest absolute Gasteiger partial charge is 0.493 e. The van der Waals surface area contributed by atoms with E-state index in [4.69, 9.17) is 9.47 Å². The number of methoxy groups -OCH3 is 2. The summed E-state index contributed by atoms with van der Waals surface area (Å²) in [7, 11) is 3.05. The highest BCUT2D eigenvalue weighted by molar-refractivity contribution is 5.85. The van der Waals surface area contributed by atoms with Crippen LogP contribution in [-0.4, -0.2) is 24.2 Å². The second-order valence-electron chi connectivity index (χ2n) is 3.29. The summed E-state index contributed by atoms with van der Waals surface area (Å²) in [6.07, 6.45) is 1.33. The van der Waals surface area contributed by atoms with E-state index < -0.39 is 5.56 Å².